The quantitative estimate of drug-likeness (QED) is 0.359. The highest BCUT2D eigenvalue weighted by Crippen LogP contribution is 2.24. The Labute approximate surface area is 183 Å². The number of benzene rings is 2. The lowest BCUT2D eigenvalue weighted by Crippen LogP contribution is -2.49. The van der Waals surface area contributed by atoms with Crippen LogP contribution in [0.25, 0.3) is 6.08 Å². The van der Waals surface area contributed by atoms with Gasteiger partial charge in [0.2, 0.25) is 0 Å². The van der Waals surface area contributed by atoms with Crippen LogP contribution in [0.5, 0.6) is 5.75 Å². The van der Waals surface area contributed by atoms with Crippen molar-refractivity contribution in [3.05, 3.63) is 63.2 Å². The van der Waals surface area contributed by atoms with Gasteiger partial charge in [-0.3, -0.25) is 4.79 Å². The average molecular weight is 498 g/mol. The molecule has 2 aromatic rings. The van der Waals surface area contributed by atoms with Crippen LogP contribution in [0.1, 0.15) is 5.56 Å². The minimum Gasteiger partial charge on any atom is -0.478 e. The van der Waals surface area contributed by atoms with Crippen LogP contribution >= 0.6 is 22.6 Å². The summed E-state index contributed by atoms with van der Waals surface area (Å²) < 4.78 is 6.14. The maximum absolute atomic E-state index is 12.8. The fraction of sp³-hybridized carbons (Fsp3) is 0.227. The van der Waals surface area contributed by atoms with E-state index < -0.39 is 0 Å². The van der Waals surface area contributed by atoms with Crippen LogP contribution in [-0.2, 0) is 4.79 Å². The Morgan fingerprint density at radius 2 is 1.83 bits per heavy atom. The van der Waals surface area contributed by atoms with Crippen LogP contribution in [0.15, 0.2) is 54.1 Å². The molecule has 0 bridgehead atoms. The molecule has 1 aliphatic rings. The second-order valence-electron chi connectivity index (χ2n) is 6.42. The number of hydrogen-bond acceptors (Lipinski definition) is 5. The largest absolute Gasteiger partial charge is 0.478 e. The molecule has 1 amide bonds. The number of ether oxygens (including phenoxy) is 1. The number of hydrogen-bond donors (Lipinski definition) is 0. The summed E-state index contributed by atoms with van der Waals surface area (Å²) in [6.45, 7) is 2.59. The van der Waals surface area contributed by atoms with Gasteiger partial charge >= 0.3 is 0 Å². The molecule has 0 aliphatic carbocycles. The number of piperazine rings is 1. The van der Waals surface area contributed by atoms with Crippen molar-refractivity contribution in [2.45, 2.75) is 0 Å². The first-order valence-electron chi connectivity index (χ1n) is 9.12. The minimum absolute atomic E-state index is 0.0257. The predicted molar refractivity (Wildman–Crippen MR) is 119 cm³/mol. The van der Waals surface area contributed by atoms with E-state index in [0.717, 1.165) is 27.9 Å². The normalized spacial score (nSPS) is 14.1. The number of carbonyl (C=O) groups is 1. The molecule has 0 radical (unpaired) electrons. The van der Waals surface area contributed by atoms with Crippen molar-refractivity contribution in [1.29, 1.82) is 10.5 Å². The zero-order valence-electron chi connectivity index (χ0n) is 15.7. The van der Waals surface area contributed by atoms with Crippen molar-refractivity contribution in [3.8, 4) is 17.9 Å². The van der Waals surface area contributed by atoms with Crippen molar-refractivity contribution in [3.63, 3.8) is 0 Å². The molecule has 0 N–H and O–H groups in total. The molecule has 1 aliphatic heterocycles. The summed E-state index contributed by atoms with van der Waals surface area (Å²) in [5.74, 6) is 0.353. The van der Waals surface area contributed by atoms with Crippen LogP contribution in [0, 0.1) is 26.2 Å². The number of anilines is 1. The average Bonchev–Trinajstić information content (AvgIpc) is 2.77. The maximum Gasteiger partial charge on any atom is 0.264 e. The van der Waals surface area contributed by atoms with E-state index in [1.165, 1.54) is 0 Å². The fourth-order valence-electron chi connectivity index (χ4n) is 3.12. The predicted octanol–water partition coefficient (Wildman–Crippen LogP) is 3.45. The van der Waals surface area contributed by atoms with E-state index in [-0.39, 0.29) is 18.1 Å². The van der Waals surface area contributed by atoms with E-state index in [9.17, 15) is 10.1 Å². The molecule has 1 fully saturated rings. The third kappa shape index (κ3) is 5.27. The van der Waals surface area contributed by atoms with Gasteiger partial charge in [0.15, 0.2) is 6.61 Å². The number of nitriles is 2. The Kier molecular flexibility index (Phi) is 7.09. The van der Waals surface area contributed by atoms with Crippen LogP contribution in [-0.4, -0.2) is 43.6 Å². The third-order valence-electron chi connectivity index (χ3n) is 4.60. The monoisotopic (exact) mass is 498 g/mol. The Balaban J connectivity index is 1.67. The molecule has 1 heterocycles. The van der Waals surface area contributed by atoms with Gasteiger partial charge in [0, 0.05) is 31.9 Å². The molecule has 146 valence electrons. The smallest absolute Gasteiger partial charge is 0.264 e. The molecule has 0 unspecified atom stereocenters. The van der Waals surface area contributed by atoms with Crippen LogP contribution < -0.4 is 9.64 Å². The molecule has 0 aromatic heterocycles. The second kappa shape index (κ2) is 9.94. The summed E-state index contributed by atoms with van der Waals surface area (Å²) in [6, 6.07) is 19.4. The van der Waals surface area contributed by atoms with E-state index in [2.05, 4.69) is 39.6 Å². The lowest BCUT2D eigenvalue weighted by Gasteiger charge is -2.36. The Morgan fingerprint density at radius 3 is 2.45 bits per heavy atom. The van der Waals surface area contributed by atoms with E-state index in [1.54, 1.807) is 23.1 Å². The zero-order valence-corrected chi connectivity index (χ0v) is 17.9. The van der Waals surface area contributed by atoms with Crippen LogP contribution in [0.4, 0.5) is 5.69 Å². The van der Waals surface area contributed by atoms with E-state index in [4.69, 9.17) is 10.00 Å². The van der Waals surface area contributed by atoms with Gasteiger partial charge in [-0.15, -0.1) is 0 Å². The van der Waals surface area contributed by atoms with Gasteiger partial charge in [-0.05, 0) is 58.5 Å². The van der Waals surface area contributed by atoms with Crippen molar-refractivity contribution in [1.82, 2.24) is 4.90 Å². The number of para-hydroxylation sites is 1. The van der Waals surface area contributed by atoms with Gasteiger partial charge in [0.05, 0.1) is 3.57 Å². The zero-order chi connectivity index (χ0) is 20.6. The molecule has 6 nitrogen and oxygen atoms in total. The van der Waals surface area contributed by atoms with Crippen LogP contribution in [0.3, 0.4) is 0 Å². The standard InChI is InChI=1S/C22H19IN4O2/c23-20-15-17(6-7-21(20)29-13-8-24)14-18(16-25)22(28)27-11-9-26(10-12-27)19-4-2-1-3-5-19/h1-7,14-15H,9-13H2/b18-14-. The topological polar surface area (TPSA) is 80.4 Å². The van der Waals surface area contributed by atoms with E-state index >= 15 is 0 Å². The number of carbonyl (C=O) groups excluding carboxylic acids is 1. The third-order valence-corrected chi connectivity index (χ3v) is 5.44. The minimum atomic E-state index is -0.250. The Bertz CT molecular complexity index is 984. The number of amides is 1. The molecule has 0 saturated carbocycles. The van der Waals surface area contributed by atoms with Gasteiger partial charge in [-0.1, -0.05) is 24.3 Å². The molecular weight excluding hydrogens is 479 g/mol. The molecule has 0 spiro atoms. The highest BCUT2D eigenvalue weighted by Gasteiger charge is 2.23. The van der Waals surface area contributed by atoms with Gasteiger partial charge < -0.3 is 14.5 Å². The van der Waals surface area contributed by atoms with Gasteiger partial charge in [0.1, 0.15) is 23.5 Å². The molecule has 0 atom stereocenters. The molecule has 29 heavy (non-hydrogen) atoms. The molecule has 3 rings (SSSR count). The molecule has 7 heteroatoms. The SMILES string of the molecule is N#CCOc1ccc(/C=C(/C#N)C(=O)N2CCN(c3ccccc3)CC2)cc1I. The van der Waals surface area contributed by atoms with Crippen molar-refractivity contribution in [2.24, 2.45) is 0 Å². The Hall–Kier alpha value is -3.04. The van der Waals surface area contributed by atoms with Crippen molar-refractivity contribution in [2.75, 3.05) is 37.7 Å². The molecular formula is C22H19IN4O2. The second-order valence-corrected chi connectivity index (χ2v) is 7.58. The first-order chi connectivity index (χ1) is 14.1. The van der Waals surface area contributed by atoms with E-state index in [1.807, 2.05) is 36.4 Å². The summed E-state index contributed by atoms with van der Waals surface area (Å²) in [5.41, 5.74) is 2.00. The number of nitrogens with zero attached hydrogens (tertiary/aromatic N) is 4. The van der Waals surface area contributed by atoms with Crippen molar-refractivity contribution >= 4 is 40.3 Å². The first kappa shape index (κ1) is 20.7. The van der Waals surface area contributed by atoms with Crippen LogP contribution in [0.2, 0.25) is 0 Å². The molecule has 1 saturated heterocycles. The lowest BCUT2D eigenvalue weighted by molar-refractivity contribution is -0.126. The maximum atomic E-state index is 12.8. The van der Waals surface area contributed by atoms with E-state index in [0.29, 0.717) is 18.8 Å². The summed E-state index contributed by atoms with van der Waals surface area (Å²) >= 11 is 2.11. The van der Waals surface area contributed by atoms with Gasteiger partial charge in [-0.2, -0.15) is 10.5 Å². The lowest BCUT2D eigenvalue weighted by atomic mass is 10.1. The highest BCUT2D eigenvalue weighted by atomic mass is 127. The highest BCUT2D eigenvalue weighted by molar-refractivity contribution is 14.1. The number of rotatable bonds is 5. The summed E-state index contributed by atoms with van der Waals surface area (Å²) in [4.78, 5) is 16.8. The first-order valence-corrected chi connectivity index (χ1v) is 10.2. The van der Waals surface area contributed by atoms with Gasteiger partial charge in [-0.25, -0.2) is 0 Å². The molecule has 2 aromatic carbocycles. The van der Waals surface area contributed by atoms with Crippen molar-refractivity contribution < 1.29 is 9.53 Å². The fourth-order valence-corrected chi connectivity index (χ4v) is 3.81. The Morgan fingerprint density at radius 1 is 1.10 bits per heavy atom. The number of halogens is 1. The summed E-state index contributed by atoms with van der Waals surface area (Å²) in [6.07, 6.45) is 1.60. The summed E-state index contributed by atoms with van der Waals surface area (Å²) in [7, 11) is 0. The van der Waals surface area contributed by atoms with Gasteiger partial charge in [0.25, 0.3) is 5.91 Å². The summed E-state index contributed by atoms with van der Waals surface area (Å²) in [5, 5.41) is 18.1.